The maximum Gasteiger partial charge on any atom is 0.331 e. The Morgan fingerprint density at radius 1 is 1.21 bits per heavy atom. The van der Waals surface area contributed by atoms with Crippen molar-refractivity contribution in [3.63, 3.8) is 0 Å². The van der Waals surface area contributed by atoms with E-state index in [9.17, 15) is 20.1 Å². The zero-order chi connectivity index (χ0) is 14.0. The minimum Gasteiger partial charge on any atom is -0.452 e. The predicted octanol–water partition coefficient (Wildman–Crippen LogP) is -2.72. The van der Waals surface area contributed by atoms with Gasteiger partial charge in [0.1, 0.15) is 30.5 Å². The average molecular weight is 276 g/mol. The summed E-state index contributed by atoms with van der Waals surface area (Å²) in [7, 11) is 0. The monoisotopic (exact) mass is 276 g/mol. The van der Waals surface area contributed by atoms with Crippen LogP contribution in [0.4, 0.5) is 0 Å². The SMILES string of the molecule is O=C1C=C[C@@H](CO[C@@H]2O[C@H](CO)[C@@H](O)[C@H](O)[C@H]2O)O1. The van der Waals surface area contributed by atoms with E-state index in [1.54, 1.807) is 0 Å². The van der Waals surface area contributed by atoms with Gasteiger partial charge in [0.25, 0.3) is 0 Å². The highest BCUT2D eigenvalue weighted by atomic mass is 16.7. The highest BCUT2D eigenvalue weighted by molar-refractivity contribution is 5.84. The summed E-state index contributed by atoms with van der Waals surface area (Å²) in [4.78, 5) is 10.8. The standard InChI is InChI=1S/C11H16O8/c12-3-6-8(14)9(15)10(16)11(19-6)17-4-5-1-2-7(13)18-5/h1-2,5-6,8-12,14-16H,3-4H2/t5-,6+,8+,9-,10+,11+/m0/s1. The van der Waals surface area contributed by atoms with Gasteiger partial charge < -0.3 is 34.6 Å². The Hall–Kier alpha value is -1.03. The van der Waals surface area contributed by atoms with Crippen LogP contribution in [-0.4, -0.2) is 76.4 Å². The van der Waals surface area contributed by atoms with Gasteiger partial charge in [0.15, 0.2) is 6.29 Å². The van der Waals surface area contributed by atoms with Crippen LogP contribution in [0.1, 0.15) is 0 Å². The molecular formula is C11H16O8. The lowest BCUT2D eigenvalue weighted by molar-refractivity contribution is -0.303. The van der Waals surface area contributed by atoms with Gasteiger partial charge in [-0.2, -0.15) is 0 Å². The van der Waals surface area contributed by atoms with E-state index in [-0.39, 0.29) is 6.61 Å². The third-order valence-corrected chi connectivity index (χ3v) is 2.99. The maximum absolute atomic E-state index is 10.8. The molecule has 19 heavy (non-hydrogen) atoms. The number of rotatable bonds is 4. The van der Waals surface area contributed by atoms with Crippen LogP contribution in [0, 0.1) is 0 Å². The van der Waals surface area contributed by atoms with Crippen molar-refractivity contribution in [1.82, 2.24) is 0 Å². The quantitative estimate of drug-likeness (QED) is 0.408. The van der Waals surface area contributed by atoms with Crippen molar-refractivity contribution in [2.24, 2.45) is 0 Å². The molecule has 0 amide bonds. The number of hydrogen-bond acceptors (Lipinski definition) is 8. The van der Waals surface area contributed by atoms with Crippen LogP contribution in [0.2, 0.25) is 0 Å². The maximum atomic E-state index is 10.8. The molecule has 108 valence electrons. The van der Waals surface area contributed by atoms with Gasteiger partial charge in [-0.25, -0.2) is 4.79 Å². The van der Waals surface area contributed by atoms with E-state index in [4.69, 9.17) is 19.3 Å². The second kappa shape index (κ2) is 5.95. The predicted molar refractivity (Wildman–Crippen MR) is 58.7 cm³/mol. The number of ether oxygens (including phenoxy) is 3. The van der Waals surface area contributed by atoms with E-state index in [0.29, 0.717) is 0 Å². The normalized spacial score (nSPS) is 42.4. The summed E-state index contributed by atoms with van der Waals surface area (Å²) < 4.78 is 15.1. The first-order chi connectivity index (χ1) is 9.02. The van der Waals surface area contributed by atoms with Crippen LogP contribution in [0.3, 0.4) is 0 Å². The van der Waals surface area contributed by atoms with E-state index >= 15 is 0 Å². The molecule has 0 aromatic rings. The van der Waals surface area contributed by atoms with Gasteiger partial charge in [0.05, 0.1) is 13.2 Å². The fourth-order valence-corrected chi connectivity index (χ4v) is 1.90. The van der Waals surface area contributed by atoms with Crippen molar-refractivity contribution in [3.8, 4) is 0 Å². The number of cyclic esters (lactones) is 1. The molecule has 0 bridgehead atoms. The van der Waals surface area contributed by atoms with Crippen LogP contribution in [0.25, 0.3) is 0 Å². The number of hydrogen-bond donors (Lipinski definition) is 4. The van der Waals surface area contributed by atoms with Crippen molar-refractivity contribution < 1.29 is 39.4 Å². The molecular weight excluding hydrogens is 260 g/mol. The summed E-state index contributed by atoms with van der Waals surface area (Å²) in [5.74, 6) is -0.484. The Kier molecular flexibility index (Phi) is 4.50. The van der Waals surface area contributed by atoms with Gasteiger partial charge in [0.2, 0.25) is 0 Å². The van der Waals surface area contributed by atoms with E-state index in [1.807, 2.05) is 0 Å². The van der Waals surface area contributed by atoms with Crippen molar-refractivity contribution >= 4 is 5.97 Å². The van der Waals surface area contributed by atoms with Crippen molar-refractivity contribution in [2.45, 2.75) is 36.8 Å². The lowest BCUT2D eigenvalue weighted by Gasteiger charge is -2.39. The summed E-state index contributed by atoms with van der Waals surface area (Å²) in [6, 6.07) is 0. The topological polar surface area (TPSA) is 126 Å². The Labute approximate surface area is 108 Å². The molecule has 8 nitrogen and oxygen atoms in total. The zero-order valence-corrected chi connectivity index (χ0v) is 9.95. The van der Waals surface area contributed by atoms with Gasteiger partial charge in [-0.15, -0.1) is 0 Å². The van der Waals surface area contributed by atoms with Crippen molar-refractivity contribution in [3.05, 3.63) is 12.2 Å². The van der Waals surface area contributed by atoms with E-state index in [0.717, 1.165) is 0 Å². The fraction of sp³-hybridized carbons (Fsp3) is 0.727. The molecule has 0 spiro atoms. The number of aliphatic hydroxyl groups is 4. The Morgan fingerprint density at radius 3 is 2.53 bits per heavy atom. The van der Waals surface area contributed by atoms with Gasteiger partial charge in [0, 0.05) is 6.08 Å². The third kappa shape index (κ3) is 3.11. The fourth-order valence-electron chi connectivity index (χ4n) is 1.90. The summed E-state index contributed by atoms with van der Waals surface area (Å²) in [6.45, 7) is -0.589. The van der Waals surface area contributed by atoms with Crippen LogP contribution in [0.15, 0.2) is 12.2 Å². The second-order valence-corrected chi connectivity index (χ2v) is 4.37. The molecule has 0 saturated carbocycles. The molecule has 2 aliphatic rings. The molecule has 0 radical (unpaired) electrons. The largest absolute Gasteiger partial charge is 0.452 e. The molecule has 1 fully saturated rings. The molecule has 2 rings (SSSR count). The van der Waals surface area contributed by atoms with E-state index in [2.05, 4.69) is 0 Å². The first kappa shape index (κ1) is 14.4. The van der Waals surface area contributed by atoms with E-state index in [1.165, 1.54) is 12.2 Å². The van der Waals surface area contributed by atoms with Gasteiger partial charge >= 0.3 is 5.97 Å². The molecule has 0 aromatic carbocycles. The Morgan fingerprint density at radius 2 is 1.95 bits per heavy atom. The molecule has 0 unspecified atom stereocenters. The lowest BCUT2D eigenvalue weighted by Crippen LogP contribution is -2.59. The number of aliphatic hydroxyl groups excluding tert-OH is 4. The van der Waals surface area contributed by atoms with Crippen LogP contribution in [-0.2, 0) is 19.0 Å². The van der Waals surface area contributed by atoms with Gasteiger partial charge in [-0.1, -0.05) is 0 Å². The summed E-state index contributed by atoms with van der Waals surface area (Å²) in [5, 5.41) is 37.8. The van der Waals surface area contributed by atoms with E-state index < -0.39 is 49.4 Å². The molecule has 0 aromatic heterocycles. The Balaban J connectivity index is 1.88. The Bertz CT molecular complexity index is 355. The summed E-state index contributed by atoms with van der Waals surface area (Å²) in [5.41, 5.74) is 0. The van der Waals surface area contributed by atoms with Crippen LogP contribution in [0.5, 0.6) is 0 Å². The molecule has 8 heteroatoms. The molecule has 4 N–H and O–H groups in total. The highest BCUT2D eigenvalue weighted by Crippen LogP contribution is 2.22. The second-order valence-electron chi connectivity index (χ2n) is 4.37. The smallest absolute Gasteiger partial charge is 0.331 e. The minimum absolute atomic E-state index is 0.0646. The molecule has 0 aliphatic carbocycles. The number of carbonyl (C=O) groups is 1. The first-order valence-electron chi connectivity index (χ1n) is 5.84. The summed E-state index contributed by atoms with van der Waals surface area (Å²) in [6.07, 6.45) is -4.46. The minimum atomic E-state index is -1.49. The molecule has 1 saturated heterocycles. The molecule has 2 heterocycles. The molecule has 6 atom stereocenters. The summed E-state index contributed by atoms with van der Waals surface area (Å²) >= 11 is 0. The van der Waals surface area contributed by atoms with Gasteiger partial charge in [-0.05, 0) is 6.08 Å². The van der Waals surface area contributed by atoms with Gasteiger partial charge in [-0.3, -0.25) is 0 Å². The zero-order valence-electron chi connectivity index (χ0n) is 9.95. The third-order valence-electron chi connectivity index (χ3n) is 2.99. The number of carbonyl (C=O) groups excluding carboxylic acids is 1. The lowest BCUT2D eigenvalue weighted by atomic mass is 9.99. The van der Waals surface area contributed by atoms with Crippen LogP contribution >= 0.6 is 0 Å². The highest BCUT2D eigenvalue weighted by Gasteiger charge is 2.44. The van der Waals surface area contributed by atoms with Crippen LogP contribution < -0.4 is 0 Å². The van der Waals surface area contributed by atoms with Crippen molar-refractivity contribution in [1.29, 1.82) is 0 Å². The number of esters is 1. The first-order valence-corrected chi connectivity index (χ1v) is 5.84. The average Bonchev–Trinajstić information content (AvgIpc) is 2.81. The molecule has 2 aliphatic heterocycles. The van der Waals surface area contributed by atoms with Crippen molar-refractivity contribution in [2.75, 3.05) is 13.2 Å².